The fraction of sp³-hybridized carbons (Fsp3) is 0.400. The summed E-state index contributed by atoms with van der Waals surface area (Å²) in [6.45, 7) is 2.73. The Balaban J connectivity index is 0.000000845. The highest BCUT2D eigenvalue weighted by molar-refractivity contribution is 5.85. The molecule has 1 aromatic rings. The third kappa shape index (κ3) is 2.69. The number of morpholine rings is 1. The Kier molecular flexibility index (Phi) is 4.22. The van der Waals surface area contributed by atoms with Crippen molar-refractivity contribution >= 4 is 12.4 Å². The van der Waals surface area contributed by atoms with Gasteiger partial charge in [-0.1, -0.05) is 30.3 Å². The lowest BCUT2D eigenvalue weighted by Crippen LogP contribution is -2.33. The van der Waals surface area contributed by atoms with Gasteiger partial charge in [0.15, 0.2) is 0 Å². The predicted octanol–water partition coefficient (Wildman–Crippen LogP) is 1.77. The van der Waals surface area contributed by atoms with Crippen molar-refractivity contribution in [3.05, 3.63) is 35.9 Å². The standard InChI is InChI=1S/C10H13NO.ClH/c1-2-4-9(5-3-1)10-8-11-6-7-12-10;/h1-5,10-11H,6-8H2;1H. The summed E-state index contributed by atoms with van der Waals surface area (Å²) in [7, 11) is 0. The predicted molar refractivity (Wildman–Crippen MR) is 55.3 cm³/mol. The van der Waals surface area contributed by atoms with E-state index in [9.17, 15) is 0 Å². The Labute approximate surface area is 84.7 Å². The molecule has 0 amide bonds. The molecule has 72 valence electrons. The van der Waals surface area contributed by atoms with Gasteiger partial charge in [-0.25, -0.2) is 0 Å². The van der Waals surface area contributed by atoms with Crippen LogP contribution in [0.3, 0.4) is 0 Å². The number of hydrogen-bond acceptors (Lipinski definition) is 2. The van der Waals surface area contributed by atoms with Gasteiger partial charge in [0.1, 0.15) is 0 Å². The van der Waals surface area contributed by atoms with Gasteiger partial charge in [0, 0.05) is 13.1 Å². The summed E-state index contributed by atoms with van der Waals surface area (Å²) in [5.74, 6) is 0. The minimum atomic E-state index is 0. The van der Waals surface area contributed by atoms with Crippen LogP contribution in [0.2, 0.25) is 0 Å². The van der Waals surface area contributed by atoms with Crippen LogP contribution in [0, 0.1) is 0 Å². The van der Waals surface area contributed by atoms with Crippen molar-refractivity contribution in [1.29, 1.82) is 0 Å². The Hall–Kier alpha value is -0.570. The summed E-state index contributed by atoms with van der Waals surface area (Å²) in [4.78, 5) is 0. The van der Waals surface area contributed by atoms with Crippen LogP contribution >= 0.6 is 12.4 Å². The molecule has 1 atom stereocenters. The number of benzene rings is 1. The second-order valence-electron chi connectivity index (χ2n) is 2.97. The minimum absolute atomic E-state index is 0. The van der Waals surface area contributed by atoms with E-state index >= 15 is 0 Å². The number of nitrogens with one attached hydrogen (secondary N) is 1. The SMILES string of the molecule is Cl.c1ccc(C2CNCCO2)cc1. The summed E-state index contributed by atoms with van der Waals surface area (Å²) < 4.78 is 5.60. The lowest BCUT2D eigenvalue weighted by atomic mass is 10.1. The summed E-state index contributed by atoms with van der Waals surface area (Å²) in [5.41, 5.74) is 1.27. The molecule has 0 saturated carbocycles. The lowest BCUT2D eigenvalue weighted by Gasteiger charge is -2.23. The molecule has 1 saturated heterocycles. The smallest absolute Gasteiger partial charge is 0.0949 e. The molecular formula is C10H14ClNO. The van der Waals surface area contributed by atoms with Gasteiger partial charge in [-0.3, -0.25) is 0 Å². The van der Waals surface area contributed by atoms with Crippen molar-refractivity contribution < 1.29 is 4.74 Å². The second kappa shape index (κ2) is 5.22. The zero-order valence-corrected chi connectivity index (χ0v) is 8.22. The maximum absolute atomic E-state index is 5.60. The first-order chi connectivity index (χ1) is 5.97. The van der Waals surface area contributed by atoms with Gasteiger partial charge < -0.3 is 10.1 Å². The van der Waals surface area contributed by atoms with Crippen LogP contribution in [-0.2, 0) is 4.74 Å². The maximum Gasteiger partial charge on any atom is 0.0949 e. The number of ether oxygens (including phenoxy) is 1. The van der Waals surface area contributed by atoms with Crippen LogP contribution in [0.15, 0.2) is 30.3 Å². The quantitative estimate of drug-likeness (QED) is 0.745. The topological polar surface area (TPSA) is 21.3 Å². The minimum Gasteiger partial charge on any atom is -0.371 e. The normalized spacial score (nSPS) is 22.0. The molecule has 1 unspecified atom stereocenters. The van der Waals surface area contributed by atoms with Crippen molar-refractivity contribution in [2.75, 3.05) is 19.7 Å². The molecule has 1 heterocycles. The van der Waals surface area contributed by atoms with Crippen molar-refractivity contribution in [1.82, 2.24) is 5.32 Å². The molecule has 1 N–H and O–H groups in total. The molecule has 13 heavy (non-hydrogen) atoms. The average Bonchev–Trinajstić information content (AvgIpc) is 2.21. The molecule has 0 spiro atoms. The Morgan fingerprint density at radius 1 is 1.23 bits per heavy atom. The van der Waals surface area contributed by atoms with E-state index in [1.807, 2.05) is 18.2 Å². The Bertz CT molecular complexity index is 234. The van der Waals surface area contributed by atoms with Crippen molar-refractivity contribution in [3.63, 3.8) is 0 Å². The van der Waals surface area contributed by atoms with Crippen LogP contribution in [0.4, 0.5) is 0 Å². The first kappa shape index (κ1) is 10.5. The average molecular weight is 200 g/mol. The fourth-order valence-corrected chi connectivity index (χ4v) is 1.45. The zero-order valence-electron chi connectivity index (χ0n) is 7.40. The van der Waals surface area contributed by atoms with Gasteiger partial charge >= 0.3 is 0 Å². The Morgan fingerprint density at radius 2 is 2.00 bits per heavy atom. The number of halogens is 1. The van der Waals surface area contributed by atoms with E-state index in [1.54, 1.807) is 0 Å². The highest BCUT2D eigenvalue weighted by atomic mass is 35.5. The van der Waals surface area contributed by atoms with E-state index in [4.69, 9.17) is 4.74 Å². The highest BCUT2D eigenvalue weighted by Crippen LogP contribution is 2.17. The summed E-state index contributed by atoms with van der Waals surface area (Å²) in [6, 6.07) is 10.3. The molecule has 1 aliphatic heterocycles. The summed E-state index contributed by atoms with van der Waals surface area (Å²) in [5, 5.41) is 3.31. The second-order valence-corrected chi connectivity index (χ2v) is 2.97. The van der Waals surface area contributed by atoms with Crippen LogP contribution in [0.25, 0.3) is 0 Å². The Morgan fingerprint density at radius 3 is 2.62 bits per heavy atom. The fourth-order valence-electron chi connectivity index (χ4n) is 1.45. The molecule has 1 aliphatic rings. The van der Waals surface area contributed by atoms with Crippen LogP contribution < -0.4 is 5.32 Å². The zero-order chi connectivity index (χ0) is 8.23. The molecule has 0 radical (unpaired) electrons. The van der Waals surface area contributed by atoms with Gasteiger partial charge in [-0.2, -0.15) is 0 Å². The third-order valence-electron chi connectivity index (χ3n) is 2.10. The van der Waals surface area contributed by atoms with Gasteiger partial charge in [0.2, 0.25) is 0 Å². The lowest BCUT2D eigenvalue weighted by molar-refractivity contribution is 0.0277. The molecule has 1 aromatic carbocycles. The van der Waals surface area contributed by atoms with Gasteiger partial charge in [-0.05, 0) is 5.56 Å². The molecule has 0 aliphatic carbocycles. The van der Waals surface area contributed by atoms with E-state index in [2.05, 4.69) is 17.4 Å². The first-order valence-corrected chi connectivity index (χ1v) is 4.34. The van der Waals surface area contributed by atoms with Crippen molar-refractivity contribution in [2.24, 2.45) is 0 Å². The van der Waals surface area contributed by atoms with E-state index < -0.39 is 0 Å². The number of hydrogen-bond donors (Lipinski definition) is 1. The van der Waals surface area contributed by atoms with E-state index in [0.717, 1.165) is 19.7 Å². The highest BCUT2D eigenvalue weighted by Gasteiger charge is 2.14. The molecule has 0 bridgehead atoms. The maximum atomic E-state index is 5.60. The molecule has 0 aromatic heterocycles. The molecule has 1 fully saturated rings. The van der Waals surface area contributed by atoms with Gasteiger partial charge in [0.05, 0.1) is 12.7 Å². The molecular weight excluding hydrogens is 186 g/mol. The van der Waals surface area contributed by atoms with Crippen LogP contribution in [0.5, 0.6) is 0 Å². The number of rotatable bonds is 1. The largest absolute Gasteiger partial charge is 0.371 e. The summed E-state index contributed by atoms with van der Waals surface area (Å²) >= 11 is 0. The van der Waals surface area contributed by atoms with Crippen molar-refractivity contribution in [2.45, 2.75) is 6.10 Å². The van der Waals surface area contributed by atoms with Crippen LogP contribution in [0.1, 0.15) is 11.7 Å². The van der Waals surface area contributed by atoms with Gasteiger partial charge in [-0.15, -0.1) is 12.4 Å². The molecule has 2 rings (SSSR count). The van der Waals surface area contributed by atoms with Crippen molar-refractivity contribution in [3.8, 4) is 0 Å². The van der Waals surface area contributed by atoms with Gasteiger partial charge in [0.25, 0.3) is 0 Å². The molecule has 2 nitrogen and oxygen atoms in total. The van der Waals surface area contributed by atoms with E-state index in [0.29, 0.717) is 0 Å². The van der Waals surface area contributed by atoms with Crippen LogP contribution in [-0.4, -0.2) is 19.7 Å². The third-order valence-corrected chi connectivity index (χ3v) is 2.10. The summed E-state index contributed by atoms with van der Waals surface area (Å²) in [6.07, 6.45) is 0.250. The molecule has 3 heteroatoms. The van der Waals surface area contributed by atoms with E-state index in [1.165, 1.54) is 5.56 Å². The monoisotopic (exact) mass is 199 g/mol. The first-order valence-electron chi connectivity index (χ1n) is 4.34. The van der Waals surface area contributed by atoms with E-state index in [-0.39, 0.29) is 18.5 Å².